The van der Waals surface area contributed by atoms with Crippen molar-refractivity contribution in [2.75, 3.05) is 19.6 Å². The molecule has 1 atom stereocenters. The minimum atomic E-state index is 0.879. The summed E-state index contributed by atoms with van der Waals surface area (Å²) in [5, 5.41) is 6.98. The van der Waals surface area contributed by atoms with Crippen molar-refractivity contribution in [1.29, 1.82) is 0 Å². The largest absolute Gasteiger partial charge is 0.316 e. The average Bonchev–Trinajstić information content (AvgIpc) is 2.72. The Bertz CT molecular complexity index is 305. The molecule has 1 fully saturated rings. The first-order chi connectivity index (χ1) is 7.86. The molecule has 1 aromatic rings. The molecule has 0 saturated carbocycles. The first-order valence-corrected chi connectivity index (χ1v) is 7.04. The Balaban J connectivity index is 1.59. The zero-order valence-electron chi connectivity index (χ0n) is 9.96. The van der Waals surface area contributed by atoms with E-state index in [2.05, 4.69) is 22.5 Å². The number of aryl methyl sites for hydroxylation is 1. The molecular formula is C12H21N3S. The predicted octanol–water partition coefficient (Wildman–Crippen LogP) is 1.93. The maximum Gasteiger partial charge on any atom is 0.0798 e. The van der Waals surface area contributed by atoms with Crippen LogP contribution in [0.25, 0.3) is 0 Å². The number of rotatable bonds is 5. The SMILES string of the molecule is Cc1ncsc1CNCCC1CCCNC1. The summed E-state index contributed by atoms with van der Waals surface area (Å²) in [5.74, 6) is 0.879. The molecule has 2 N–H and O–H groups in total. The topological polar surface area (TPSA) is 37.0 Å². The molecule has 0 bridgehead atoms. The van der Waals surface area contributed by atoms with E-state index >= 15 is 0 Å². The van der Waals surface area contributed by atoms with Gasteiger partial charge in [-0.2, -0.15) is 0 Å². The fourth-order valence-corrected chi connectivity index (χ4v) is 2.92. The van der Waals surface area contributed by atoms with Crippen molar-refractivity contribution in [3.05, 3.63) is 16.1 Å². The Morgan fingerprint density at radius 2 is 2.56 bits per heavy atom. The van der Waals surface area contributed by atoms with E-state index in [0.29, 0.717) is 0 Å². The smallest absolute Gasteiger partial charge is 0.0798 e. The highest BCUT2D eigenvalue weighted by Gasteiger charge is 2.11. The van der Waals surface area contributed by atoms with E-state index in [4.69, 9.17) is 0 Å². The second kappa shape index (κ2) is 6.33. The van der Waals surface area contributed by atoms with E-state index in [1.165, 1.54) is 42.9 Å². The van der Waals surface area contributed by atoms with Gasteiger partial charge in [-0.3, -0.25) is 0 Å². The van der Waals surface area contributed by atoms with Gasteiger partial charge in [0.1, 0.15) is 0 Å². The van der Waals surface area contributed by atoms with Crippen LogP contribution in [-0.4, -0.2) is 24.6 Å². The van der Waals surface area contributed by atoms with Gasteiger partial charge in [-0.1, -0.05) is 0 Å². The highest BCUT2D eigenvalue weighted by Crippen LogP contribution is 2.14. The van der Waals surface area contributed by atoms with Crippen molar-refractivity contribution in [3.8, 4) is 0 Å². The molecule has 0 aromatic carbocycles. The quantitative estimate of drug-likeness (QED) is 0.771. The van der Waals surface area contributed by atoms with E-state index in [9.17, 15) is 0 Å². The third-order valence-electron chi connectivity index (χ3n) is 3.26. The Kier molecular flexibility index (Phi) is 4.75. The van der Waals surface area contributed by atoms with Crippen LogP contribution in [0.4, 0.5) is 0 Å². The average molecular weight is 239 g/mol. The molecular weight excluding hydrogens is 218 g/mol. The van der Waals surface area contributed by atoms with Crippen LogP contribution in [0.2, 0.25) is 0 Å². The van der Waals surface area contributed by atoms with Gasteiger partial charge >= 0.3 is 0 Å². The highest BCUT2D eigenvalue weighted by molar-refractivity contribution is 7.09. The lowest BCUT2D eigenvalue weighted by molar-refractivity contribution is 0.352. The molecule has 0 spiro atoms. The number of thiazole rings is 1. The standard InChI is InChI=1S/C12H21N3S/c1-10-12(16-9-15-10)8-14-6-4-11-3-2-5-13-7-11/h9,11,13-14H,2-8H2,1H3. The van der Waals surface area contributed by atoms with E-state index in [0.717, 1.165) is 19.0 Å². The van der Waals surface area contributed by atoms with E-state index in [-0.39, 0.29) is 0 Å². The minimum Gasteiger partial charge on any atom is -0.316 e. The number of hydrogen-bond acceptors (Lipinski definition) is 4. The van der Waals surface area contributed by atoms with Crippen molar-refractivity contribution < 1.29 is 0 Å². The number of aromatic nitrogens is 1. The Morgan fingerprint density at radius 3 is 3.25 bits per heavy atom. The molecule has 1 saturated heterocycles. The van der Waals surface area contributed by atoms with Gasteiger partial charge in [-0.15, -0.1) is 11.3 Å². The number of nitrogens with one attached hydrogen (secondary N) is 2. The molecule has 2 heterocycles. The second-order valence-corrected chi connectivity index (χ2v) is 5.48. The molecule has 1 aliphatic rings. The normalized spacial score (nSPS) is 21.2. The molecule has 16 heavy (non-hydrogen) atoms. The van der Waals surface area contributed by atoms with Crippen LogP contribution in [-0.2, 0) is 6.54 Å². The van der Waals surface area contributed by atoms with Crippen LogP contribution in [0.5, 0.6) is 0 Å². The lowest BCUT2D eigenvalue weighted by Crippen LogP contribution is -2.31. The number of hydrogen-bond donors (Lipinski definition) is 2. The van der Waals surface area contributed by atoms with Gasteiger partial charge in [0, 0.05) is 11.4 Å². The number of piperidine rings is 1. The maximum atomic E-state index is 4.25. The lowest BCUT2D eigenvalue weighted by atomic mass is 9.96. The van der Waals surface area contributed by atoms with Crippen molar-refractivity contribution in [3.63, 3.8) is 0 Å². The first kappa shape index (κ1) is 12.0. The lowest BCUT2D eigenvalue weighted by Gasteiger charge is -2.22. The fourth-order valence-electron chi connectivity index (χ4n) is 2.17. The molecule has 1 aromatic heterocycles. The molecule has 90 valence electrons. The third kappa shape index (κ3) is 3.54. The summed E-state index contributed by atoms with van der Waals surface area (Å²) in [7, 11) is 0. The molecule has 3 nitrogen and oxygen atoms in total. The molecule has 4 heteroatoms. The van der Waals surface area contributed by atoms with Crippen LogP contribution in [0, 0.1) is 12.8 Å². The number of nitrogens with zero attached hydrogens (tertiary/aromatic N) is 1. The van der Waals surface area contributed by atoms with Crippen LogP contribution in [0.1, 0.15) is 29.8 Å². The van der Waals surface area contributed by atoms with Gasteiger partial charge in [0.2, 0.25) is 0 Å². The summed E-state index contributed by atoms with van der Waals surface area (Å²) in [6.07, 6.45) is 4.04. The Morgan fingerprint density at radius 1 is 1.62 bits per heavy atom. The summed E-state index contributed by atoms with van der Waals surface area (Å²) in [5.41, 5.74) is 3.11. The zero-order valence-corrected chi connectivity index (χ0v) is 10.8. The van der Waals surface area contributed by atoms with Gasteiger partial charge in [0.15, 0.2) is 0 Å². The molecule has 0 aliphatic carbocycles. The van der Waals surface area contributed by atoms with Crippen molar-refractivity contribution in [2.45, 2.75) is 32.7 Å². The molecule has 0 amide bonds. The summed E-state index contributed by atoms with van der Waals surface area (Å²) in [4.78, 5) is 5.63. The van der Waals surface area contributed by atoms with Crippen LogP contribution >= 0.6 is 11.3 Å². The first-order valence-electron chi connectivity index (χ1n) is 6.16. The third-order valence-corrected chi connectivity index (χ3v) is 4.19. The molecule has 0 radical (unpaired) electrons. The summed E-state index contributed by atoms with van der Waals surface area (Å²) < 4.78 is 0. The zero-order chi connectivity index (χ0) is 11.2. The van der Waals surface area contributed by atoms with Gasteiger partial charge < -0.3 is 10.6 Å². The van der Waals surface area contributed by atoms with Gasteiger partial charge in [0.05, 0.1) is 11.2 Å². The minimum absolute atomic E-state index is 0.879. The Labute approximate surface area is 102 Å². The molecule has 1 aliphatic heterocycles. The van der Waals surface area contributed by atoms with Crippen molar-refractivity contribution in [1.82, 2.24) is 15.6 Å². The Hall–Kier alpha value is -0.450. The predicted molar refractivity (Wildman–Crippen MR) is 68.8 cm³/mol. The van der Waals surface area contributed by atoms with Crippen LogP contribution in [0.15, 0.2) is 5.51 Å². The van der Waals surface area contributed by atoms with Gasteiger partial charge in [0.25, 0.3) is 0 Å². The van der Waals surface area contributed by atoms with Crippen molar-refractivity contribution in [2.24, 2.45) is 5.92 Å². The summed E-state index contributed by atoms with van der Waals surface area (Å²) in [6, 6.07) is 0. The highest BCUT2D eigenvalue weighted by atomic mass is 32.1. The maximum absolute atomic E-state index is 4.25. The van der Waals surface area contributed by atoms with Gasteiger partial charge in [-0.05, 0) is 51.7 Å². The monoisotopic (exact) mass is 239 g/mol. The summed E-state index contributed by atoms with van der Waals surface area (Å²) >= 11 is 1.75. The van der Waals surface area contributed by atoms with E-state index in [1.54, 1.807) is 11.3 Å². The molecule has 1 unspecified atom stereocenters. The van der Waals surface area contributed by atoms with Gasteiger partial charge in [-0.25, -0.2) is 4.98 Å². The van der Waals surface area contributed by atoms with Crippen molar-refractivity contribution >= 4 is 11.3 Å². The second-order valence-electron chi connectivity index (χ2n) is 4.54. The molecule has 2 rings (SSSR count). The van der Waals surface area contributed by atoms with Crippen LogP contribution in [0.3, 0.4) is 0 Å². The van der Waals surface area contributed by atoms with Crippen LogP contribution < -0.4 is 10.6 Å². The summed E-state index contributed by atoms with van der Waals surface area (Å²) in [6.45, 7) is 6.62. The van der Waals surface area contributed by atoms with E-state index in [1.807, 2.05) is 5.51 Å². The van der Waals surface area contributed by atoms with E-state index < -0.39 is 0 Å². The fraction of sp³-hybridized carbons (Fsp3) is 0.750.